The fourth-order valence-electron chi connectivity index (χ4n) is 0.703. The van der Waals surface area contributed by atoms with Crippen molar-refractivity contribution >= 4 is 5.97 Å². The lowest BCUT2D eigenvalue weighted by Crippen LogP contribution is -2.11. The highest BCUT2D eigenvalue weighted by atomic mass is 16.4. The van der Waals surface area contributed by atoms with Crippen LogP contribution in [0.3, 0.4) is 0 Å². The third kappa shape index (κ3) is 34.6. The number of unbranched alkanes of at least 4 members (excludes halogenated alkanes) is 3. The summed E-state index contributed by atoms with van der Waals surface area (Å²) < 4.78 is 0. The van der Waals surface area contributed by atoms with E-state index in [1.807, 2.05) is 0 Å². The minimum Gasteiger partial charge on any atom is -0.481 e. The standard InChI is InChI=1S/C7H14O2.C2H7NO/c1-2-3-4-5-6-7(8)9;1-2(3)4/h2-6H2,1H3,(H,8,9);2,4H,3H2,1H3. The predicted molar refractivity (Wildman–Crippen MR) is 52.3 cm³/mol. The maximum atomic E-state index is 9.96. The number of aliphatic hydroxyl groups is 1. The Hall–Kier alpha value is -0.610. The number of carboxylic acid groups (broad SMARTS) is 1. The van der Waals surface area contributed by atoms with Crippen molar-refractivity contribution in [1.29, 1.82) is 0 Å². The molecule has 0 aromatic rings. The minimum absolute atomic E-state index is 0.333. The van der Waals surface area contributed by atoms with Gasteiger partial charge in [0, 0.05) is 6.42 Å². The molecule has 0 radical (unpaired) electrons. The van der Waals surface area contributed by atoms with Crippen LogP contribution in [0.15, 0.2) is 0 Å². The molecule has 0 aliphatic rings. The summed E-state index contributed by atoms with van der Waals surface area (Å²) in [4.78, 5) is 9.96. The van der Waals surface area contributed by atoms with Crippen molar-refractivity contribution in [3.05, 3.63) is 0 Å². The first-order valence-electron chi connectivity index (χ1n) is 4.66. The zero-order chi connectivity index (χ0) is 10.7. The van der Waals surface area contributed by atoms with Crippen molar-refractivity contribution in [2.75, 3.05) is 0 Å². The molecule has 4 nitrogen and oxygen atoms in total. The molecule has 4 heteroatoms. The van der Waals surface area contributed by atoms with Gasteiger partial charge in [0.1, 0.15) is 0 Å². The van der Waals surface area contributed by atoms with Crippen LogP contribution in [0.5, 0.6) is 0 Å². The van der Waals surface area contributed by atoms with E-state index in [4.69, 9.17) is 10.2 Å². The number of nitrogens with two attached hydrogens (primary N) is 1. The Labute approximate surface area is 79.8 Å². The van der Waals surface area contributed by atoms with Gasteiger partial charge in [-0.05, 0) is 13.3 Å². The Morgan fingerprint density at radius 2 is 1.85 bits per heavy atom. The first-order chi connectivity index (χ1) is 6.00. The van der Waals surface area contributed by atoms with Gasteiger partial charge in [0.05, 0.1) is 6.23 Å². The molecule has 4 N–H and O–H groups in total. The second-order valence-electron chi connectivity index (χ2n) is 2.95. The number of carbonyl (C=O) groups is 1. The molecule has 1 unspecified atom stereocenters. The average Bonchev–Trinajstić information content (AvgIpc) is 1.97. The molecule has 1 atom stereocenters. The van der Waals surface area contributed by atoms with Crippen LogP contribution in [0.4, 0.5) is 0 Å². The summed E-state index contributed by atoms with van der Waals surface area (Å²) in [5, 5.41) is 16.0. The number of hydrogen-bond donors (Lipinski definition) is 3. The van der Waals surface area contributed by atoms with E-state index < -0.39 is 12.2 Å². The summed E-state index contributed by atoms with van der Waals surface area (Å²) in [6.45, 7) is 3.61. The molecule has 0 bridgehead atoms. The SMILES string of the molecule is CC(N)O.CCCCCCC(=O)O. The van der Waals surface area contributed by atoms with Crippen molar-refractivity contribution in [1.82, 2.24) is 0 Å². The van der Waals surface area contributed by atoms with Crippen molar-refractivity contribution in [2.45, 2.75) is 52.2 Å². The van der Waals surface area contributed by atoms with Gasteiger partial charge in [-0.2, -0.15) is 0 Å². The third-order valence-corrected chi connectivity index (χ3v) is 1.24. The van der Waals surface area contributed by atoms with Gasteiger partial charge in [0.15, 0.2) is 0 Å². The summed E-state index contributed by atoms with van der Waals surface area (Å²) in [5.41, 5.74) is 4.67. The monoisotopic (exact) mass is 191 g/mol. The van der Waals surface area contributed by atoms with E-state index in [-0.39, 0.29) is 0 Å². The fourth-order valence-corrected chi connectivity index (χ4v) is 0.703. The summed E-state index contributed by atoms with van der Waals surface area (Å²) >= 11 is 0. The molecule has 0 aliphatic carbocycles. The summed E-state index contributed by atoms with van der Waals surface area (Å²) in [6.07, 6.45) is 3.89. The molecule has 0 aliphatic heterocycles. The lowest BCUT2D eigenvalue weighted by Gasteiger charge is -1.92. The lowest BCUT2D eigenvalue weighted by atomic mass is 10.2. The molecule has 0 rings (SSSR count). The molecule has 13 heavy (non-hydrogen) atoms. The maximum Gasteiger partial charge on any atom is 0.303 e. The second-order valence-corrected chi connectivity index (χ2v) is 2.95. The van der Waals surface area contributed by atoms with Crippen LogP contribution >= 0.6 is 0 Å². The van der Waals surface area contributed by atoms with Gasteiger partial charge in [0.25, 0.3) is 0 Å². The highest BCUT2D eigenvalue weighted by molar-refractivity contribution is 5.66. The van der Waals surface area contributed by atoms with E-state index in [1.165, 1.54) is 13.3 Å². The Morgan fingerprint density at radius 1 is 1.38 bits per heavy atom. The number of aliphatic carboxylic acids is 1. The smallest absolute Gasteiger partial charge is 0.303 e. The summed E-state index contributed by atoms with van der Waals surface area (Å²) in [6, 6.07) is 0. The van der Waals surface area contributed by atoms with Gasteiger partial charge >= 0.3 is 5.97 Å². The molecule has 0 heterocycles. The summed E-state index contributed by atoms with van der Waals surface area (Å²) in [5.74, 6) is -0.675. The quantitative estimate of drug-likeness (QED) is 0.452. The van der Waals surface area contributed by atoms with Gasteiger partial charge in [-0.3, -0.25) is 4.79 Å². The van der Waals surface area contributed by atoms with E-state index in [1.54, 1.807) is 0 Å². The fraction of sp³-hybridized carbons (Fsp3) is 0.889. The zero-order valence-electron chi connectivity index (χ0n) is 8.49. The number of hydrogen-bond acceptors (Lipinski definition) is 3. The van der Waals surface area contributed by atoms with Crippen LogP contribution in [0.25, 0.3) is 0 Å². The van der Waals surface area contributed by atoms with Crippen LogP contribution < -0.4 is 5.73 Å². The third-order valence-electron chi connectivity index (χ3n) is 1.24. The van der Waals surface area contributed by atoms with Crippen LogP contribution in [0, 0.1) is 0 Å². The average molecular weight is 191 g/mol. The summed E-state index contributed by atoms with van der Waals surface area (Å²) in [7, 11) is 0. The Morgan fingerprint density at radius 3 is 2.15 bits per heavy atom. The van der Waals surface area contributed by atoms with Crippen molar-refractivity contribution in [2.24, 2.45) is 5.73 Å². The predicted octanol–water partition coefficient (Wildman–Crippen LogP) is 1.32. The van der Waals surface area contributed by atoms with Gasteiger partial charge in [-0.1, -0.05) is 26.2 Å². The van der Waals surface area contributed by atoms with E-state index in [0.29, 0.717) is 6.42 Å². The van der Waals surface area contributed by atoms with Gasteiger partial charge in [-0.15, -0.1) is 0 Å². The highest BCUT2D eigenvalue weighted by Crippen LogP contribution is 2.01. The second kappa shape index (κ2) is 11.4. The molecule has 0 saturated carbocycles. The topological polar surface area (TPSA) is 83.5 Å². The van der Waals surface area contributed by atoms with Crippen molar-refractivity contribution in [3.8, 4) is 0 Å². The van der Waals surface area contributed by atoms with Crippen LogP contribution in [-0.4, -0.2) is 22.4 Å². The van der Waals surface area contributed by atoms with E-state index in [9.17, 15) is 4.79 Å². The molecule has 80 valence electrons. The number of rotatable bonds is 5. The number of carboxylic acids is 1. The van der Waals surface area contributed by atoms with Crippen molar-refractivity contribution < 1.29 is 15.0 Å². The Bertz CT molecular complexity index is 113. The maximum absolute atomic E-state index is 9.96. The first kappa shape index (κ1) is 14.9. The Kier molecular flexibility index (Phi) is 13.0. The molecule has 0 spiro atoms. The van der Waals surface area contributed by atoms with Gasteiger partial charge in [-0.25, -0.2) is 0 Å². The van der Waals surface area contributed by atoms with Gasteiger partial charge in [0.2, 0.25) is 0 Å². The molecule has 0 aromatic heterocycles. The van der Waals surface area contributed by atoms with Crippen LogP contribution in [0.2, 0.25) is 0 Å². The first-order valence-corrected chi connectivity index (χ1v) is 4.66. The molecule has 0 amide bonds. The van der Waals surface area contributed by atoms with E-state index >= 15 is 0 Å². The number of aliphatic hydroxyl groups excluding tert-OH is 1. The lowest BCUT2D eigenvalue weighted by molar-refractivity contribution is -0.137. The van der Waals surface area contributed by atoms with Crippen LogP contribution in [0.1, 0.15) is 46.0 Å². The molecule has 0 saturated heterocycles. The molecular formula is C9H21NO3. The highest BCUT2D eigenvalue weighted by Gasteiger charge is 1.93. The molecular weight excluding hydrogens is 170 g/mol. The van der Waals surface area contributed by atoms with Crippen molar-refractivity contribution in [3.63, 3.8) is 0 Å². The van der Waals surface area contributed by atoms with Gasteiger partial charge < -0.3 is 15.9 Å². The largest absolute Gasteiger partial charge is 0.481 e. The normalized spacial score (nSPS) is 11.4. The zero-order valence-corrected chi connectivity index (χ0v) is 8.49. The molecule has 0 fully saturated rings. The molecule has 0 aromatic carbocycles. The van der Waals surface area contributed by atoms with E-state index in [2.05, 4.69) is 12.7 Å². The Balaban J connectivity index is 0. The minimum atomic E-state index is -0.675. The van der Waals surface area contributed by atoms with E-state index in [0.717, 1.165) is 19.3 Å². The van der Waals surface area contributed by atoms with Crippen LogP contribution in [-0.2, 0) is 4.79 Å².